The Morgan fingerprint density at radius 3 is 1.88 bits per heavy atom. The summed E-state index contributed by atoms with van der Waals surface area (Å²) < 4.78 is 60.2. The van der Waals surface area contributed by atoms with Gasteiger partial charge in [-0.3, -0.25) is 0 Å². The molecule has 0 aliphatic heterocycles. The molecule has 1 atom stereocenters. The van der Waals surface area contributed by atoms with E-state index < -0.39 is 18.0 Å². The van der Waals surface area contributed by atoms with Crippen LogP contribution in [0.3, 0.4) is 0 Å². The van der Waals surface area contributed by atoms with Gasteiger partial charge in [0.05, 0.1) is 6.04 Å². The fourth-order valence-corrected chi connectivity index (χ4v) is 1.58. The van der Waals surface area contributed by atoms with Crippen LogP contribution < -0.4 is 5.73 Å². The average Bonchev–Trinajstić information content (AvgIpc) is 2.15. The molecule has 0 aliphatic rings. The molecule has 1 aromatic carbocycles. The number of benzene rings is 1. The third-order valence-corrected chi connectivity index (χ3v) is 2.51. The highest BCUT2D eigenvalue weighted by Gasteiger charge is 2.29. The summed E-state index contributed by atoms with van der Waals surface area (Å²) in [6.45, 7) is 0. The normalized spacial score (nSPS) is 13.4. The number of alkyl halides is 5. The standard InChI is InChI=1S/C9H8F5NS.ClH/c10-8(11)7(15)5-1-3-6(4-2-5)16-9(12,13)14;/h1-4,7-8H,15H2;1H/t7-;/m0./s1. The smallest absolute Gasteiger partial charge is 0.319 e. The van der Waals surface area contributed by atoms with E-state index in [4.69, 9.17) is 5.73 Å². The van der Waals surface area contributed by atoms with Crippen LogP contribution in [0.15, 0.2) is 29.2 Å². The monoisotopic (exact) mass is 293 g/mol. The molecular formula is C9H9ClF5NS. The molecule has 0 aliphatic carbocycles. The predicted molar refractivity (Wildman–Crippen MR) is 58.5 cm³/mol. The first-order valence-electron chi connectivity index (χ1n) is 4.19. The Hall–Kier alpha value is -0.530. The van der Waals surface area contributed by atoms with E-state index in [1.807, 2.05) is 0 Å². The fraction of sp³-hybridized carbons (Fsp3) is 0.333. The van der Waals surface area contributed by atoms with Gasteiger partial charge in [-0.1, -0.05) is 12.1 Å². The van der Waals surface area contributed by atoms with Crippen molar-refractivity contribution in [1.82, 2.24) is 0 Å². The van der Waals surface area contributed by atoms with Crippen molar-refractivity contribution >= 4 is 24.2 Å². The molecule has 0 bridgehead atoms. The summed E-state index contributed by atoms with van der Waals surface area (Å²) in [7, 11) is 0. The van der Waals surface area contributed by atoms with Gasteiger partial charge in [-0.05, 0) is 29.5 Å². The fourth-order valence-electron chi connectivity index (χ4n) is 1.04. The molecule has 0 heterocycles. The molecule has 1 nitrogen and oxygen atoms in total. The Morgan fingerprint density at radius 1 is 1.06 bits per heavy atom. The van der Waals surface area contributed by atoms with Gasteiger partial charge in [0.25, 0.3) is 6.43 Å². The zero-order valence-electron chi connectivity index (χ0n) is 8.25. The van der Waals surface area contributed by atoms with Crippen molar-refractivity contribution in [2.24, 2.45) is 5.73 Å². The summed E-state index contributed by atoms with van der Waals surface area (Å²) >= 11 is -0.299. The van der Waals surface area contributed by atoms with Crippen LogP contribution in [-0.2, 0) is 0 Å². The summed E-state index contributed by atoms with van der Waals surface area (Å²) in [6, 6.07) is 3.12. The zero-order valence-corrected chi connectivity index (χ0v) is 9.88. The van der Waals surface area contributed by atoms with Gasteiger partial charge >= 0.3 is 5.51 Å². The van der Waals surface area contributed by atoms with Crippen LogP contribution in [0.1, 0.15) is 11.6 Å². The van der Waals surface area contributed by atoms with Crippen molar-refractivity contribution in [1.29, 1.82) is 0 Å². The number of rotatable bonds is 3. The van der Waals surface area contributed by atoms with Crippen molar-refractivity contribution in [2.75, 3.05) is 0 Å². The lowest BCUT2D eigenvalue weighted by Crippen LogP contribution is -2.18. The Morgan fingerprint density at radius 2 is 1.53 bits per heavy atom. The van der Waals surface area contributed by atoms with Crippen molar-refractivity contribution in [2.45, 2.75) is 22.9 Å². The highest BCUT2D eigenvalue weighted by molar-refractivity contribution is 8.00. The van der Waals surface area contributed by atoms with Gasteiger partial charge in [0.2, 0.25) is 0 Å². The van der Waals surface area contributed by atoms with Crippen LogP contribution in [-0.4, -0.2) is 11.9 Å². The first-order chi connectivity index (χ1) is 7.29. The van der Waals surface area contributed by atoms with Gasteiger partial charge in [-0.25, -0.2) is 8.78 Å². The van der Waals surface area contributed by atoms with E-state index in [1.54, 1.807) is 0 Å². The number of halogens is 6. The van der Waals surface area contributed by atoms with E-state index in [0.717, 1.165) is 12.1 Å². The van der Waals surface area contributed by atoms with Crippen LogP contribution in [0.25, 0.3) is 0 Å². The maximum Gasteiger partial charge on any atom is 0.446 e. The third-order valence-electron chi connectivity index (χ3n) is 1.77. The number of hydrogen-bond donors (Lipinski definition) is 1. The predicted octanol–water partition coefficient (Wildman–Crippen LogP) is 3.99. The molecule has 0 saturated heterocycles. The molecule has 8 heteroatoms. The van der Waals surface area contributed by atoms with E-state index in [9.17, 15) is 22.0 Å². The molecule has 0 radical (unpaired) electrons. The molecule has 0 aromatic heterocycles. The average molecular weight is 294 g/mol. The number of nitrogens with two attached hydrogens (primary N) is 1. The van der Waals surface area contributed by atoms with Crippen LogP contribution in [0.4, 0.5) is 22.0 Å². The van der Waals surface area contributed by atoms with Crippen molar-refractivity contribution in [3.8, 4) is 0 Å². The minimum atomic E-state index is -4.38. The second-order valence-electron chi connectivity index (χ2n) is 2.98. The first kappa shape index (κ1) is 16.5. The molecule has 0 saturated carbocycles. The minimum absolute atomic E-state index is 0. The lowest BCUT2D eigenvalue weighted by atomic mass is 10.1. The number of thioether (sulfide) groups is 1. The first-order valence-corrected chi connectivity index (χ1v) is 5.00. The molecule has 17 heavy (non-hydrogen) atoms. The maximum absolute atomic E-state index is 12.2. The molecule has 1 aromatic rings. The molecule has 0 unspecified atom stereocenters. The van der Waals surface area contributed by atoms with Crippen LogP contribution in [0.2, 0.25) is 0 Å². The minimum Gasteiger partial charge on any atom is -0.319 e. The Balaban J connectivity index is 0.00000256. The summed E-state index contributed by atoms with van der Waals surface area (Å²) in [5, 5.41) is 0. The van der Waals surface area contributed by atoms with Crippen LogP contribution >= 0.6 is 24.2 Å². The van der Waals surface area contributed by atoms with Gasteiger partial charge in [0.1, 0.15) is 0 Å². The molecule has 0 amide bonds. The summed E-state index contributed by atoms with van der Waals surface area (Å²) in [4.78, 5) is -0.0577. The van der Waals surface area contributed by atoms with Gasteiger partial charge in [-0.2, -0.15) is 13.2 Å². The van der Waals surface area contributed by atoms with E-state index in [1.165, 1.54) is 12.1 Å². The van der Waals surface area contributed by atoms with Gasteiger partial charge in [0, 0.05) is 4.90 Å². The summed E-state index contributed by atoms with van der Waals surface area (Å²) in [5.41, 5.74) is 0.866. The summed E-state index contributed by atoms with van der Waals surface area (Å²) in [5.74, 6) is 0. The second kappa shape index (κ2) is 6.42. The molecule has 0 spiro atoms. The van der Waals surface area contributed by atoms with E-state index >= 15 is 0 Å². The zero-order chi connectivity index (χ0) is 12.3. The van der Waals surface area contributed by atoms with Gasteiger partial charge < -0.3 is 5.73 Å². The molecular weight excluding hydrogens is 285 g/mol. The van der Waals surface area contributed by atoms with Crippen molar-refractivity contribution in [3.63, 3.8) is 0 Å². The maximum atomic E-state index is 12.2. The highest BCUT2D eigenvalue weighted by atomic mass is 35.5. The van der Waals surface area contributed by atoms with Crippen molar-refractivity contribution in [3.05, 3.63) is 29.8 Å². The topological polar surface area (TPSA) is 26.0 Å². The highest BCUT2D eigenvalue weighted by Crippen LogP contribution is 2.37. The molecule has 0 fully saturated rings. The Kier molecular flexibility index (Phi) is 6.22. The SMILES string of the molecule is Cl.N[C@@H](c1ccc(SC(F)(F)F)cc1)C(F)F. The van der Waals surface area contributed by atoms with E-state index in [2.05, 4.69) is 0 Å². The van der Waals surface area contributed by atoms with Crippen LogP contribution in [0, 0.1) is 0 Å². The second-order valence-corrected chi connectivity index (χ2v) is 4.12. The van der Waals surface area contributed by atoms with Crippen molar-refractivity contribution < 1.29 is 22.0 Å². The Bertz CT molecular complexity index is 340. The largest absolute Gasteiger partial charge is 0.446 e. The Labute approximate surface area is 105 Å². The van der Waals surface area contributed by atoms with Gasteiger partial charge in [-0.15, -0.1) is 12.4 Å². The van der Waals surface area contributed by atoms with E-state index in [0.29, 0.717) is 0 Å². The molecule has 2 N–H and O–H groups in total. The molecule has 1 rings (SSSR count). The third kappa shape index (κ3) is 5.56. The molecule has 98 valence electrons. The lowest BCUT2D eigenvalue weighted by molar-refractivity contribution is -0.0328. The van der Waals surface area contributed by atoms with Gasteiger partial charge in [0.15, 0.2) is 0 Å². The lowest BCUT2D eigenvalue weighted by Gasteiger charge is -2.11. The van der Waals surface area contributed by atoms with Crippen LogP contribution in [0.5, 0.6) is 0 Å². The summed E-state index contributed by atoms with van der Waals surface area (Å²) in [6.07, 6.45) is -2.74. The quantitative estimate of drug-likeness (QED) is 0.674. The number of hydrogen-bond acceptors (Lipinski definition) is 2. The van der Waals surface area contributed by atoms with E-state index in [-0.39, 0.29) is 34.6 Å².